The minimum atomic E-state index is 0.341. The van der Waals surface area contributed by atoms with Crippen molar-refractivity contribution in [3.63, 3.8) is 0 Å². The van der Waals surface area contributed by atoms with Crippen LogP contribution in [0.25, 0.3) is 0 Å². The molecule has 76 valence electrons. The van der Waals surface area contributed by atoms with Crippen molar-refractivity contribution in [2.75, 3.05) is 13.1 Å². The average molecular weight is 192 g/mol. The van der Waals surface area contributed by atoms with Crippen molar-refractivity contribution in [3.05, 3.63) is 24.5 Å². The van der Waals surface area contributed by atoms with E-state index < -0.39 is 0 Å². The summed E-state index contributed by atoms with van der Waals surface area (Å²) in [6.07, 6.45) is 8.05. The van der Waals surface area contributed by atoms with Gasteiger partial charge in [-0.25, -0.2) is 4.68 Å². The predicted octanol–water partition coefficient (Wildman–Crippen LogP) is 1.10. The normalized spacial score (nSPS) is 23.2. The first-order valence-corrected chi connectivity index (χ1v) is 5.04. The Kier molecular flexibility index (Phi) is 2.63. The molecule has 1 aliphatic rings. The van der Waals surface area contributed by atoms with Crippen molar-refractivity contribution < 1.29 is 0 Å². The summed E-state index contributed by atoms with van der Waals surface area (Å²) in [5.41, 5.74) is 0. The standard InChI is InChI=1S/C10H16N4/c1-9(2)13-6-3-4-10(8-13)14-7-5-11-12-14/h3-5,7,9-10H,6,8H2,1-2H3. The number of rotatable bonds is 2. The maximum Gasteiger partial charge on any atom is 0.0844 e. The zero-order valence-corrected chi connectivity index (χ0v) is 8.67. The second kappa shape index (κ2) is 3.92. The number of hydrogen-bond acceptors (Lipinski definition) is 3. The van der Waals surface area contributed by atoms with E-state index in [4.69, 9.17) is 0 Å². The van der Waals surface area contributed by atoms with E-state index in [-0.39, 0.29) is 0 Å². The Morgan fingerprint density at radius 3 is 2.93 bits per heavy atom. The highest BCUT2D eigenvalue weighted by Crippen LogP contribution is 2.15. The van der Waals surface area contributed by atoms with Gasteiger partial charge in [0, 0.05) is 25.3 Å². The molecule has 0 saturated carbocycles. The third-order valence-electron chi connectivity index (χ3n) is 2.63. The minimum absolute atomic E-state index is 0.341. The number of nitrogens with zero attached hydrogens (tertiary/aromatic N) is 4. The van der Waals surface area contributed by atoms with Crippen LogP contribution in [0.3, 0.4) is 0 Å². The molecule has 1 aromatic rings. The Morgan fingerprint density at radius 1 is 1.43 bits per heavy atom. The van der Waals surface area contributed by atoms with E-state index in [0.29, 0.717) is 12.1 Å². The monoisotopic (exact) mass is 192 g/mol. The molecule has 4 heteroatoms. The van der Waals surface area contributed by atoms with Gasteiger partial charge in [0.2, 0.25) is 0 Å². The fourth-order valence-electron chi connectivity index (χ4n) is 1.72. The second-order valence-electron chi connectivity index (χ2n) is 3.93. The van der Waals surface area contributed by atoms with Gasteiger partial charge in [0.1, 0.15) is 0 Å². The van der Waals surface area contributed by atoms with Gasteiger partial charge in [-0.15, -0.1) is 5.10 Å². The molecule has 0 saturated heterocycles. The first kappa shape index (κ1) is 9.40. The van der Waals surface area contributed by atoms with Gasteiger partial charge < -0.3 is 0 Å². The van der Waals surface area contributed by atoms with Crippen LogP contribution in [-0.2, 0) is 0 Å². The molecule has 1 aromatic heterocycles. The summed E-state index contributed by atoms with van der Waals surface area (Å²) in [4.78, 5) is 2.42. The van der Waals surface area contributed by atoms with E-state index in [1.165, 1.54) is 0 Å². The molecule has 4 nitrogen and oxygen atoms in total. The van der Waals surface area contributed by atoms with Crippen LogP contribution in [0.4, 0.5) is 0 Å². The van der Waals surface area contributed by atoms with Crippen molar-refractivity contribution in [3.8, 4) is 0 Å². The lowest BCUT2D eigenvalue weighted by atomic mass is 10.1. The van der Waals surface area contributed by atoms with Crippen molar-refractivity contribution in [1.82, 2.24) is 19.9 Å². The summed E-state index contributed by atoms with van der Waals surface area (Å²) < 4.78 is 1.91. The summed E-state index contributed by atoms with van der Waals surface area (Å²) in [6, 6.07) is 0.930. The van der Waals surface area contributed by atoms with Crippen molar-refractivity contribution in [2.45, 2.75) is 25.9 Å². The van der Waals surface area contributed by atoms with Crippen molar-refractivity contribution in [1.29, 1.82) is 0 Å². The SMILES string of the molecule is CC(C)N1CC=CC(n2ccnn2)C1. The zero-order chi connectivity index (χ0) is 9.97. The molecule has 1 atom stereocenters. The van der Waals surface area contributed by atoms with Gasteiger partial charge in [0.15, 0.2) is 0 Å². The first-order chi connectivity index (χ1) is 6.77. The van der Waals surface area contributed by atoms with Gasteiger partial charge >= 0.3 is 0 Å². The Labute approximate surface area is 84.2 Å². The molecule has 0 amide bonds. The third kappa shape index (κ3) is 1.85. The first-order valence-electron chi connectivity index (χ1n) is 5.04. The number of aromatic nitrogens is 3. The summed E-state index contributed by atoms with van der Waals surface area (Å²) in [5.74, 6) is 0. The Balaban J connectivity index is 2.08. The van der Waals surface area contributed by atoms with E-state index >= 15 is 0 Å². The van der Waals surface area contributed by atoms with Gasteiger partial charge in [0.25, 0.3) is 0 Å². The van der Waals surface area contributed by atoms with Crippen molar-refractivity contribution in [2.24, 2.45) is 0 Å². The van der Waals surface area contributed by atoms with E-state index in [1.54, 1.807) is 6.20 Å². The van der Waals surface area contributed by atoms with Crippen LogP contribution in [0, 0.1) is 0 Å². The fraction of sp³-hybridized carbons (Fsp3) is 0.600. The van der Waals surface area contributed by atoms with Gasteiger partial charge in [0.05, 0.1) is 12.2 Å². The molecule has 2 heterocycles. The Hall–Kier alpha value is -1.16. The lowest BCUT2D eigenvalue weighted by molar-refractivity contribution is 0.206. The maximum absolute atomic E-state index is 4.02. The molecule has 1 unspecified atom stereocenters. The van der Waals surface area contributed by atoms with Crippen LogP contribution in [0.15, 0.2) is 24.5 Å². The third-order valence-corrected chi connectivity index (χ3v) is 2.63. The molecule has 0 aliphatic carbocycles. The lowest BCUT2D eigenvalue weighted by Gasteiger charge is -2.31. The molecule has 0 bridgehead atoms. The van der Waals surface area contributed by atoms with Crippen molar-refractivity contribution >= 4 is 0 Å². The summed E-state index contributed by atoms with van der Waals surface area (Å²) in [5, 5.41) is 7.85. The Bertz CT molecular complexity index is 302. The van der Waals surface area contributed by atoms with Crippen LogP contribution in [0.5, 0.6) is 0 Å². The van der Waals surface area contributed by atoms with Crippen LogP contribution >= 0.6 is 0 Å². The van der Waals surface area contributed by atoms with Gasteiger partial charge in [-0.1, -0.05) is 17.4 Å². The summed E-state index contributed by atoms with van der Waals surface area (Å²) >= 11 is 0. The van der Waals surface area contributed by atoms with Crippen LogP contribution < -0.4 is 0 Å². The van der Waals surface area contributed by atoms with E-state index in [9.17, 15) is 0 Å². The van der Waals surface area contributed by atoms with Crippen LogP contribution in [0.2, 0.25) is 0 Å². The van der Waals surface area contributed by atoms with Crippen LogP contribution in [0.1, 0.15) is 19.9 Å². The smallest absolute Gasteiger partial charge is 0.0844 e. The quantitative estimate of drug-likeness (QED) is 0.658. The van der Waals surface area contributed by atoms with Gasteiger partial charge in [-0.3, -0.25) is 4.90 Å². The molecule has 0 fully saturated rings. The molecule has 1 aliphatic heterocycles. The molecule has 0 spiro atoms. The van der Waals surface area contributed by atoms with Gasteiger partial charge in [-0.05, 0) is 13.8 Å². The zero-order valence-electron chi connectivity index (χ0n) is 8.67. The van der Waals surface area contributed by atoms with Gasteiger partial charge in [-0.2, -0.15) is 0 Å². The minimum Gasteiger partial charge on any atom is -0.295 e. The molecular weight excluding hydrogens is 176 g/mol. The predicted molar refractivity (Wildman–Crippen MR) is 54.9 cm³/mol. The second-order valence-corrected chi connectivity index (χ2v) is 3.93. The molecule has 14 heavy (non-hydrogen) atoms. The molecule has 0 aromatic carbocycles. The summed E-state index contributed by atoms with van der Waals surface area (Å²) in [7, 11) is 0. The van der Waals surface area contributed by atoms with E-state index in [1.807, 2.05) is 10.9 Å². The molecule has 0 radical (unpaired) electrons. The Morgan fingerprint density at radius 2 is 2.29 bits per heavy atom. The van der Waals surface area contributed by atoms with Crippen LogP contribution in [-0.4, -0.2) is 39.0 Å². The summed E-state index contributed by atoms with van der Waals surface area (Å²) in [6.45, 7) is 6.51. The fourth-order valence-corrected chi connectivity index (χ4v) is 1.72. The number of hydrogen-bond donors (Lipinski definition) is 0. The average Bonchev–Trinajstić information content (AvgIpc) is 2.71. The molecule has 2 rings (SSSR count). The maximum atomic E-state index is 4.02. The highest BCUT2D eigenvalue weighted by atomic mass is 15.4. The van der Waals surface area contributed by atoms with E-state index in [2.05, 4.69) is 41.2 Å². The topological polar surface area (TPSA) is 34.0 Å². The largest absolute Gasteiger partial charge is 0.295 e. The molecule has 0 N–H and O–H groups in total. The molecular formula is C10H16N4. The lowest BCUT2D eigenvalue weighted by Crippen LogP contribution is -2.38. The highest BCUT2D eigenvalue weighted by molar-refractivity contribution is 5.00. The van der Waals surface area contributed by atoms with E-state index in [0.717, 1.165) is 13.1 Å². The highest BCUT2D eigenvalue weighted by Gasteiger charge is 2.18.